The summed E-state index contributed by atoms with van der Waals surface area (Å²) in [4.78, 5) is 6.74. The fraction of sp³-hybridized carbons (Fsp3) is 0.615. The van der Waals surface area contributed by atoms with Crippen LogP contribution in [0.1, 0.15) is 37.7 Å². The van der Waals surface area contributed by atoms with Crippen LogP contribution in [0.25, 0.3) is 0 Å². The van der Waals surface area contributed by atoms with E-state index in [1.807, 2.05) is 18.3 Å². The first-order valence-electron chi connectivity index (χ1n) is 6.21. The third kappa shape index (κ3) is 2.73. The van der Waals surface area contributed by atoms with Gasteiger partial charge in [0.05, 0.1) is 6.61 Å². The van der Waals surface area contributed by atoms with Gasteiger partial charge in [-0.05, 0) is 18.9 Å². The third-order valence-corrected chi connectivity index (χ3v) is 3.19. The molecule has 88 valence electrons. The van der Waals surface area contributed by atoms with Gasteiger partial charge in [0.1, 0.15) is 5.82 Å². The van der Waals surface area contributed by atoms with Crippen LogP contribution in [0.15, 0.2) is 18.3 Å². The van der Waals surface area contributed by atoms with Crippen molar-refractivity contribution >= 4 is 5.82 Å². The van der Waals surface area contributed by atoms with Crippen LogP contribution in [-0.4, -0.2) is 23.2 Å². The van der Waals surface area contributed by atoms with Crippen LogP contribution in [-0.2, 0) is 6.61 Å². The fourth-order valence-corrected chi connectivity index (χ4v) is 2.30. The van der Waals surface area contributed by atoms with Crippen LogP contribution < -0.4 is 4.90 Å². The molecule has 1 aliphatic heterocycles. The molecular formula is C13H20N2O. The first-order valence-corrected chi connectivity index (χ1v) is 6.21. The van der Waals surface area contributed by atoms with Crippen molar-refractivity contribution in [1.82, 2.24) is 4.98 Å². The van der Waals surface area contributed by atoms with Gasteiger partial charge in [-0.15, -0.1) is 0 Å². The molecular weight excluding hydrogens is 200 g/mol. The predicted octanol–water partition coefficient (Wildman–Crippen LogP) is 2.34. The topological polar surface area (TPSA) is 36.4 Å². The van der Waals surface area contributed by atoms with Crippen LogP contribution >= 0.6 is 0 Å². The van der Waals surface area contributed by atoms with Gasteiger partial charge in [0.25, 0.3) is 0 Å². The Morgan fingerprint density at radius 3 is 2.50 bits per heavy atom. The van der Waals surface area contributed by atoms with Gasteiger partial charge in [-0.25, -0.2) is 4.98 Å². The Morgan fingerprint density at radius 2 is 1.81 bits per heavy atom. The Morgan fingerprint density at radius 1 is 1.12 bits per heavy atom. The van der Waals surface area contributed by atoms with Gasteiger partial charge >= 0.3 is 0 Å². The molecule has 2 rings (SSSR count). The highest BCUT2D eigenvalue weighted by atomic mass is 16.3. The number of rotatable bonds is 2. The Labute approximate surface area is 97.1 Å². The van der Waals surface area contributed by atoms with E-state index in [1.165, 1.54) is 32.1 Å². The lowest BCUT2D eigenvalue weighted by Crippen LogP contribution is -2.28. The van der Waals surface area contributed by atoms with Gasteiger partial charge in [0.2, 0.25) is 0 Å². The first kappa shape index (κ1) is 11.4. The molecule has 1 aliphatic rings. The highest BCUT2D eigenvalue weighted by Crippen LogP contribution is 2.20. The smallest absolute Gasteiger partial charge is 0.134 e. The molecule has 1 fully saturated rings. The fourth-order valence-electron chi connectivity index (χ4n) is 2.30. The van der Waals surface area contributed by atoms with E-state index in [0.717, 1.165) is 24.5 Å². The summed E-state index contributed by atoms with van der Waals surface area (Å²) >= 11 is 0. The number of anilines is 1. The van der Waals surface area contributed by atoms with Gasteiger partial charge in [-0.1, -0.05) is 25.3 Å². The maximum atomic E-state index is 9.31. The van der Waals surface area contributed by atoms with E-state index < -0.39 is 0 Å². The van der Waals surface area contributed by atoms with E-state index in [0.29, 0.717) is 0 Å². The number of aromatic nitrogens is 1. The monoisotopic (exact) mass is 220 g/mol. The molecule has 0 bridgehead atoms. The predicted molar refractivity (Wildman–Crippen MR) is 65.5 cm³/mol. The highest BCUT2D eigenvalue weighted by molar-refractivity contribution is 5.46. The van der Waals surface area contributed by atoms with Crippen molar-refractivity contribution in [3.05, 3.63) is 23.9 Å². The van der Waals surface area contributed by atoms with Crippen molar-refractivity contribution in [3.8, 4) is 0 Å². The Hall–Kier alpha value is -1.09. The van der Waals surface area contributed by atoms with Crippen LogP contribution in [0.3, 0.4) is 0 Å². The average Bonchev–Trinajstić information content (AvgIpc) is 2.29. The lowest BCUT2D eigenvalue weighted by atomic mass is 10.1. The van der Waals surface area contributed by atoms with Crippen molar-refractivity contribution in [2.24, 2.45) is 0 Å². The van der Waals surface area contributed by atoms with Crippen molar-refractivity contribution in [3.63, 3.8) is 0 Å². The Bertz CT molecular complexity index is 319. The maximum Gasteiger partial charge on any atom is 0.134 e. The molecule has 0 amide bonds. The van der Waals surface area contributed by atoms with Gasteiger partial charge in [-0.3, -0.25) is 0 Å². The minimum Gasteiger partial charge on any atom is -0.392 e. The van der Waals surface area contributed by atoms with Crippen molar-refractivity contribution in [2.45, 2.75) is 38.7 Å². The standard InChI is InChI=1S/C13H20N2O/c16-11-12-7-6-8-14-13(12)15-9-4-2-1-3-5-10-15/h6-8,16H,1-5,9-11H2. The second kappa shape index (κ2) is 5.85. The molecule has 0 saturated carbocycles. The average molecular weight is 220 g/mol. The molecule has 1 N–H and O–H groups in total. The van der Waals surface area contributed by atoms with Crippen LogP contribution in [0.4, 0.5) is 5.82 Å². The summed E-state index contributed by atoms with van der Waals surface area (Å²) in [6.45, 7) is 2.23. The quantitative estimate of drug-likeness (QED) is 0.831. The van der Waals surface area contributed by atoms with Gasteiger partial charge in [0, 0.05) is 24.8 Å². The normalized spacial score (nSPS) is 17.9. The highest BCUT2D eigenvalue weighted by Gasteiger charge is 2.13. The summed E-state index contributed by atoms with van der Waals surface area (Å²) in [7, 11) is 0. The van der Waals surface area contributed by atoms with Crippen LogP contribution in [0, 0.1) is 0 Å². The molecule has 3 heteroatoms. The lowest BCUT2D eigenvalue weighted by Gasteiger charge is -2.27. The first-order chi connectivity index (χ1) is 7.92. The SMILES string of the molecule is OCc1cccnc1N1CCCCCCC1. The lowest BCUT2D eigenvalue weighted by molar-refractivity contribution is 0.281. The summed E-state index contributed by atoms with van der Waals surface area (Å²) in [5.41, 5.74) is 0.947. The number of hydrogen-bond acceptors (Lipinski definition) is 3. The number of aliphatic hydroxyl groups excluding tert-OH is 1. The zero-order valence-electron chi connectivity index (χ0n) is 9.73. The van der Waals surface area contributed by atoms with E-state index in [4.69, 9.17) is 0 Å². The second-order valence-electron chi connectivity index (χ2n) is 4.40. The van der Waals surface area contributed by atoms with E-state index in [-0.39, 0.29) is 6.61 Å². The molecule has 2 heterocycles. The molecule has 3 nitrogen and oxygen atoms in total. The van der Waals surface area contributed by atoms with Gasteiger partial charge in [0.15, 0.2) is 0 Å². The zero-order valence-corrected chi connectivity index (χ0v) is 9.73. The van der Waals surface area contributed by atoms with E-state index in [1.54, 1.807) is 0 Å². The number of nitrogens with zero attached hydrogens (tertiary/aromatic N) is 2. The van der Waals surface area contributed by atoms with Crippen molar-refractivity contribution in [2.75, 3.05) is 18.0 Å². The number of aliphatic hydroxyl groups is 1. The molecule has 0 unspecified atom stereocenters. The summed E-state index contributed by atoms with van der Waals surface area (Å²) in [6, 6.07) is 3.85. The Balaban J connectivity index is 2.13. The number of hydrogen-bond donors (Lipinski definition) is 1. The van der Waals surface area contributed by atoms with Gasteiger partial charge < -0.3 is 10.0 Å². The van der Waals surface area contributed by atoms with E-state index in [2.05, 4.69) is 9.88 Å². The molecule has 0 aliphatic carbocycles. The molecule has 1 aromatic rings. The molecule has 0 radical (unpaired) electrons. The van der Waals surface area contributed by atoms with Crippen molar-refractivity contribution < 1.29 is 5.11 Å². The molecule has 0 spiro atoms. The summed E-state index contributed by atoms with van der Waals surface area (Å²) < 4.78 is 0. The molecule has 0 atom stereocenters. The minimum atomic E-state index is 0.0830. The van der Waals surface area contributed by atoms with E-state index in [9.17, 15) is 5.11 Å². The Kier molecular flexibility index (Phi) is 4.17. The third-order valence-electron chi connectivity index (χ3n) is 3.19. The molecule has 16 heavy (non-hydrogen) atoms. The molecule has 1 aromatic heterocycles. The van der Waals surface area contributed by atoms with Gasteiger partial charge in [-0.2, -0.15) is 0 Å². The van der Waals surface area contributed by atoms with Crippen molar-refractivity contribution in [1.29, 1.82) is 0 Å². The maximum absolute atomic E-state index is 9.31. The summed E-state index contributed by atoms with van der Waals surface area (Å²) in [5.74, 6) is 0.979. The van der Waals surface area contributed by atoms with Crippen LogP contribution in [0.2, 0.25) is 0 Å². The van der Waals surface area contributed by atoms with Crippen LogP contribution in [0.5, 0.6) is 0 Å². The van der Waals surface area contributed by atoms with E-state index >= 15 is 0 Å². The minimum absolute atomic E-state index is 0.0830. The summed E-state index contributed by atoms with van der Waals surface area (Å²) in [5, 5.41) is 9.31. The molecule has 1 saturated heterocycles. The molecule has 0 aromatic carbocycles. The zero-order chi connectivity index (χ0) is 11.2. The summed E-state index contributed by atoms with van der Waals surface area (Å²) in [6.07, 6.45) is 8.29. The largest absolute Gasteiger partial charge is 0.392 e. The number of pyridine rings is 1. The second-order valence-corrected chi connectivity index (χ2v) is 4.40.